The molecule has 3 aromatic rings. The van der Waals surface area contributed by atoms with E-state index in [2.05, 4.69) is 20.4 Å². The number of carbonyl (C=O) groups excluding carboxylic acids is 1. The van der Waals surface area contributed by atoms with Gasteiger partial charge in [-0.05, 0) is 44.2 Å². The molecule has 0 aliphatic rings. The molecule has 142 valence electrons. The van der Waals surface area contributed by atoms with Crippen molar-refractivity contribution in [1.29, 1.82) is 0 Å². The van der Waals surface area contributed by atoms with E-state index in [1.165, 1.54) is 0 Å². The Kier molecular flexibility index (Phi) is 5.52. The van der Waals surface area contributed by atoms with Gasteiger partial charge in [0.1, 0.15) is 5.52 Å². The Hall–Kier alpha value is -2.78. The molecule has 2 N–H and O–H groups in total. The van der Waals surface area contributed by atoms with Gasteiger partial charge in [-0.1, -0.05) is 22.9 Å². The summed E-state index contributed by atoms with van der Waals surface area (Å²) < 4.78 is 28.6. The van der Waals surface area contributed by atoms with Crippen LogP contribution in [0, 0.1) is 6.92 Å². The third-order valence-corrected chi connectivity index (χ3v) is 5.59. The maximum absolute atomic E-state index is 12.3. The van der Waals surface area contributed by atoms with Crippen molar-refractivity contribution in [1.82, 2.24) is 25.0 Å². The van der Waals surface area contributed by atoms with Crippen LogP contribution in [0.2, 0.25) is 0 Å². The molecule has 0 atom stereocenters. The molecule has 0 saturated heterocycles. The van der Waals surface area contributed by atoms with Gasteiger partial charge in [-0.25, -0.2) is 17.8 Å². The molecule has 0 spiro atoms. The number of amides is 1. The van der Waals surface area contributed by atoms with Crippen LogP contribution in [0.5, 0.6) is 0 Å². The lowest BCUT2D eigenvalue weighted by Crippen LogP contribution is -2.34. The summed E-state index contributed by atoms with van der Waals surface area (Å²) >= 11 is 0. The van der Waals surface area contributed by atoms with Crippen molar-refractivity contribution in [2.75, 3.05) is 13.1 Å². The smallest absolute Gasteiger partial charge is 0.251 e. The first-order valence-corrected chi connectivity index (χ1v) is 10.1. The third kappa shape index (κ3) is 4.32. The summed E-state index contributed by atoms with van der Waals surface area (Å²) in [5.74, 6) is -0.294. The second-order valence-electron chi connectivity index (χ2n) is 6.08. The lowest BCUT2D eigenvalue weighted by molar-refractivity contribution is 0.0954. The van der Waals surface area contributed by atoms with E-state index >= 15 is 0 Å². The zero-order valence-corrected chi connectivity index (χ0v) is 16.0. The molecular formula is C18H21N5O3S. The highest BCUT2D eigenvalue weighted by Gasteiger charge is 2.13. The zero-order chi connectivity index (χ0) is 19.4. The fourth-order valence-electron chi connectivity index (χ4n) is 2.61. The van der Waals surface area contributed by atoms with Gasteiger partial charge in [-0.15, -0.1) is 5.10 Å². The molecule has 0 aliphatic carbocycles. The summed E-state index contributed by atoms with van der Waals surface area (Å²) in [4.78, 5) is 12.5. The lowest BCUT2D eigenvalue weighted by atomic mass is 10.2. The second kappa shape index (κ2) is 7.85. The van der Waals surface area contributed by atoms with Crippen molar-refractivity contribution in [3.8, 4) is 0 Å². The minimum atomic E-state index is -3.59. The highest BCUT2D eigenvalue weighted by Crippen LogP contribution is 2.13. The largest absolute Gasteiger partial charge is 0.351 e. The van der Waals surface area contributed by atoms with Crippen LogP contribution >= 0.6 is 0 Å². The van der Waals surface area contributed by atoms with E-state index in [1.807, 2.05) is 13.8 Å². The molecule has 0 fully saturated rings. The van der Waals surface area contributed by atoms with Crippen LogP contribution in [0.4, 0.5) is 0 Å². The summed E-state index contributed by atoms with van der Waals surface area (Å²) in [6.45, 7) is 4.81. The predicted octanol–water partition coefficient (Wildman–Crippen LogP) is 1.47. The van der Waals surface area contributed by atoms with Gasteiger partial charge in [0.05, 0.1) is 10.4 Å². The van der Waals surface area contributed by atoms with Gasteiger partial charge in [0, 0.05) is 25.2 Å². The van der Waals surface area contributed by atoms with Crippen LogP contribution in [-0.4, -0.2) is 42.4 Å². The third-order valence-electron chi connectivity index (χ3n) is 4.11. The van der Waals surface area contributed by atoms with E-state index in [4.69, 9.17) is 0 Å². The number of benzene rings is 2. The Morgan fingerprint density at radius 3 is 2.56 bits per heavy atom. The average Bonchev–Trinajstić information content (AvgIpc) is 3.07. The minimum Gasteiger partial charge on any atom is -0.351 e. The maximum atomic E-state index is 12.3. The molecule has 1 aromatic heterocycles. The Bertz CT molecular complexity index is 1060. The number of hydrogen-bond acceptors (Lipinski definition) is 5. The molecular weight excluding hydrogens is 366 g/mol. The summed E-state index contributed by atoms with van der Waals surface area (Å²) in [6, 6.07) is 11.7. The van der Waals surface area contributed by atoms with E-state index in [1.54, 1.807) is 47.1 Å². The highest BCUT2D eigenvalue weighted by atomic mass is 32.2. The molecule has 0 radical (unpaired) electrons. The molecule has 2 aromatic carbocycles. The molecule has 1 amide bonds. The van der Waals surface area contributed by atoms with Crippen molar-refractivity contribution in [3.05, 3.63) is 53.6 Å². The molecule has 9 heteroatoms. The van der Waals surface area contributed by atoms with Crippen molar-refractivity contribution < 1.29 is 13.2 Å². The highest BCUT2D eigenvalue weighted by molar-refractivity contribution is 7.89. The topological polar surface area (TPSA) is 106 Å². The average molecular weight is 387 g/mol. The standard InChI is InChI=1S/C18H21N5O3S/c1-3-23-17-9-6-14(12-16(17)21-22-23)18(24)19-10-11-20-27(25,26)15-7-4-13(2)5-8-15/h4-9,12,20H,3,10-11H2,1-2H3,(H,19,24). The SMILES string of the molecule is CCn1nnc2cc(C(=O)NCCNS(=O)(=O)c3ccc(C)cc3)ccc21. The van der Waals surface area contributed by atoms with Gasteiger partial charge in [0.2, 0.25) is 10.0 Å². The quantitative estimate of drug-likeness (QED) is 0.597. The molecule has 1 heterocycles. The first-order valence-electron chi connectivity index (χ1n) is 8.58. The van der Waals surface area contributed by atoms with Crippen LogP contribution in [-0.2, 0) is 16.6 Å². The van der Waals surface area contributed by atoms with E-state index < -0.39 is 10.0 Å². The molecule has 0 bridgehead atoms. The van der Waals surface area contributed by atoms with E-state index in [0.29, 0.717) is 17.6 Å². The number of carbonyl (C=O) groups is 1. The minimum absolute atomic E-state index is 0.0935. The summed E-state index contributed by atoms with van der Waals surface area (Å²) in [5, 5.41) is 10.7. The first kappa shape index (κ1) is 19.0. The predicted molar refractivity (Wildman–Crippen MR) is 102 cm³/mol. The Morgan fingerprint density at radius 2 is 1.85 bits per heavy atom. The molecule has 0 saturated carbocycles. The lowest BCUT2D eigenvalue weighted by Gasteiger charge is -2.08. The summed E-state index contributed by atoms with van der Waals surface area (Å²) in [6.07, 6.45) is 0. The first-order chi connectivity index (χ1) is 12.9. The number of hydrogen-bond donors (Lipinski definition) is 2. The Labute approximate surface area is 157 Å². The normalized spacial score (nSPS) is 11.6. The van der Waals surface area contributed by atoms with Crippen LogP contribution in [0.25, 0.3) is 11.0 Å². The maximum Gasteiger partial charge on any atom is 0.251 e. The number of nitrogens with one attached hydrogen (secondary N) is 2. The Balaban J connectivity index is 1.55. The van der Waals surface area contributed by atoms with Crippen molar-refractivity contribution >= 4 is 27.0 Å². The van der Waals surface area contributed by atoms with Gasteiger partial charge in [0.15, 0.2) is 0 Å². The monoisotopic (exact) mass is 387 g/mol. The molecule has 8 nitrogen and oxygen atoms in total. The van der Waals surface area contributed by atoms with Crippen LogP contribution in [0.15, 0.2) is 47.4 Å². The summed E-state index contributed by atoms with van der Waals surface area (Å²) in [5.41, 5.74) is 2.94. The summed E-state index contributed by atoms with van der Waals surface area (Å²) in [7, 11) is -3.59. The number of aromatic nitrogens is 3. The van der Waals surface area contributed by atoms with Crippen LogP contribution in [0.1, 0.15) is 22.8 Å². The Morgan fingerprint density at radius 1 is 1.11 bits per heavy atom. The van der Waals surface area contributed by atoms with Crippen molar-refractivity contribution in [2.24, 2.45) is 0 Å². The van der Waals surface area contributed by atoms with Crippen molar-refractivity contribution in [2.45, 2.75) is 25.3 Å². The molecule has 0 unspecified atom stereocenters. The number of nitrogens with zero attached hydrogens (tertiary/aromatic N) is 3. The van der Waals surface area contributed by atoms with E-state index in [9.17, 15) is 13.2 Å². The van der Waals surface area contributed by atoms with Gasteiger partial charge in [-0.2, -0.15) is 0 Å². The van der Waals surface area contributed by atoms with E-state index in [-0.39, 0.29) is 23.9 Å². The van der Waals surface area contributed by atoms with E-state index in [0.717, 1.165) is 11.1 Å². The molecule has 0 aliphatic heterocycles. The molecule has 27 heavy (non-hydrogen) atoms. The number of fused-ring (bicyclic) bond motifs is 1. The second-order valence-corrected chi connectivity index (χ2v) is 7.84. The fourth-order valence-corrected chi connectivity index (χ4v) is 3.64. The van der Waals surface area contributed by atoms with Crippen LogP contribution in [0.3, 0.4) is 0 Å². The molecule has 3 rings (SSSR count). The van der Waals surface area contributed by atoms with Gasteiger partial charge < -0.3 is 5.32 Å². The van der Waals surface area contributed by atoms with Gasteiger partial charge in [0.25, 0.3) is 5.91 Å². The number of sulfonamides is 1. The van der Waals surface area contributed by atoms with Crippen LogP contribution < -0.4 is 10.0 Å². The number of rotatable bonds is 7. The van der Waals surface area contributed by atoms with Gasteiger partial charge in [-0.3, -0.25) is 4.79 Å². The fraction of sp³-hybridized carbons (Fsp3) is 0.278. The number of aryl methyl sites for hydroxylation is 2. The zero-order valence-electron chi connectivity index (χ0n) is 15.1. The van der Waals surface area contributed by atoms with Gasteiger partial charge >= 0.3 is 0 Å². The van der Waals surface area contributed by atoms with Crippen molar-refractivity contribution in [3.63, 3.8) is 0 Å².